The van der Waals surface area contributed by atoms with E-state index in [0.717, 1.165) is 33.8 Å². The van der Waals surface area contributed by atoms with E-state index in [1.807, 2.05) is 50.5 Å². The van der Waals surface area contributed by atoms with Crippen molar-refractivity contribution in [3.63, 3.8) is 0 Å². The number of ether oxygens (including phenoxy) is 2. The van der Waals surface area contributed by atoms with Gasteiger partial charge in [0.1, 0.15) is 17.2 Å². The topological polar surface area (TPSA) is 21.7 Å². The van der Waals surface area contributed by atoms with Gasteiger partial charge in [0.05, 0.1) is 7.11 Å². The minimum absolute atomic E-state index is 0.799. The van der Waals surface area contributed by atoms with Gasteiger partial charge < -0.3 is 14.4 Å². The molecular weight excluding hydrogens is 318 g/mol. The molecule has 2 aromatic rings. The van der Waals surface area contributed by atoms with E-state index in [0.29, 0.717) is 0 Å². The summed E-state index contributed by atoms with van der Waals surface area (Å²) in [6, 6.07) is 13.6. The van der Waals surface area contributed by atoms with Gasteiger partial charge in [-0.3, -0.25) is 0 Å². The van der Waals surface area contributed by atoms with Crippen molar-refractivity contribution in [2.45, 2.75) is 6.54 Å². The molecule has 4 heteroatoms. The van der Waals surface area contributed by atoms with Crippen LogP contribution in [0.25, 0.3) is 0 Å². The number of hydrogen-bond donors (Lipinski definition) is 0. The van der Waals surface area contributed by atoms with Crippen LogP contribution in [-0.4, -0.2) is 26.1 Å². The van der Waals surface area contributed by atoms with E-state index in [-0.39, 0.29) is 0 Å². The van der Waals surface area contributed by atoms with Crippen molar-refractivity contribution in [2.75, 3.05) is 21.2 Å². The fourth-order valence-corrected chi connectivity index (χ4v) is 2.29. The van der Waals surface area contributed by atoms with Crippen LogP contribution < -0.4 is 9.47 Å². The Morgan fingerprint density at radius 2 is 1.65 bits per heavy atom. The second-order valence-corrected chi connectivity index (χ2v) is 5.68. The predicted octanol–water partition coefficient (Wildman–Crippen LogP) is 4.31. The normalized spacial score (nSPS) is 10.7. The molecule has 0 fully saturated rings. The molecule has 20 heavy (non-hydrogen) atoms. The summed E-state index contributed by atoms with van der Waals surface area (Å²) in [6.07, 6.45) is 0. The van der Waals surface area contributed by atoms with Gasteiger partial charge in [0, 0.05) is 16.6 Å². The lowest BCUT2D eigenvalue weighted by Gasteiger charge is -2.15. The van der Waals surface area contributed by atoms with Gasteiger partial charge in [0.2, 0.25) is 0 Å². The highest BCUT2D eigenvalue weighted by atomic mass is 79.9. The number of halogens is 1. The minimum Gasteiger partial charge on any atom is -0.497 e. The summed E-state index contributed by atoms with van der Waals surface area (Å²) >= 11 is 3.50. The Balaban J connectivity index is 2.22. The highest BCUT2D eigenvalue weighted by molar-refractivity contribution is 9.10. The van der Waals surface area contributed by atoms with Crippen LogP contribution >= 0.6 is 15.9 Å². The Morgan fingerprint density at radius 3 is 2.25 bits per heavy atom. The van der Waals surface area contributed by atoms with Crippen LogP contribution in [0.15, 0.2) is 46.9 Å². The summed E-state index contributed by atoms with van der Waals surface area (Å²) in [7, 11) is 5.73. The van der Waals surface area contributed by atoms with Gasteiger partial charge in [-0.15, -0.1) is 0 Å². The molecule has 0 amide bonds. The van der Waals surface area contributed by atoms with Gasteiger partial charge in [-0.05, 0) is 56.6 Å². The first-order chi connectivity index (χ1) is 9.58. The molecule has 0 saturated heterocycles. The molecule has 3 nitrogen and oxygen atoms in total. The van der Waals surface area contributed by atoms with Gasteiger partial charge in [-0.2, -0.15) is 0 Å². The van der Waals surface area contributed by atoms with Crippen LogP contribution in [0.1, 0.15) is 5.56 Å². The van der Waals surface area contributed by atoms with Gasteiger partial charge in [0.15, 0.2) is 0 Å². The van der Waals surface area contributed by atoms with Crippen molar-refractivity contribution in [3.8, 4) is 17.2 Å². The van der Waals surface area contributed by atoms with Crippen molar-refractivity contribution >= 4 is 15.9 Å². The lowest BCUT2D eigenvalue weighted by atomic mass is 10.2. The summed E-state index contributed by atoms with van der Waals surface area (Å²) in [5.74, 6) is 2.49. The Bertz CT molecular complexity index is 567. The summed E-state index contributed by atoms with van der Waals surface area (Å²) in [5.41, 5.74) is 1.14. The Hall–Kier alpha value is -1.52. The first-order valence-corrected chi connectivity index (χ1v) is 7.13. The number of benzene rings is 2. The van der Waals surface area contributed by atoms with Crippen molar-refractivity contribution in [1.82, 2.24) is 4.90 Å². The maximum absolute atomic E-state index is 5.96. The molecule has 0 aliphatic heterocycles. The zero-order valence-electron chi connectivity index (χ0n) is 11.9. The fraction of sp³-hybridized carbons (Fsp3) is 0.250. The molecule has 0 bridgehead atoms. The zero-order chi connectivity index (χ0) is 14.5. The molecule has 0 spiro atoms. The van der Waals surface area contributed by atoms with Crippen molar-refractivity contribution in [1.29, 1.82) is 0 Å². The SMILES string of the molecule is COc1ccc(Oc2ccc(Br)cc2CN(C)C)cc1. The first-order valence-electron chi connectivity index (χ1n) is 6.33. The molecular formula is C16H18BrNO2. The van der Waals surface area contributed by atoms with Gasteiger partial charge in [0.25, 0.3) is 0 Å². The number of nitrogens with zero attached hydrogens (tertiary/aromatic N) is 1. The number of methoxy groups -OCH3 is 1. The van der Waals surface area contributed by atoms with Gasteiger partial charge >= 0.3 is 0 Å². The van der Waals surface area contributed by atoms with E-state index < -0.39 is 0 Å². The van der Waals surface area contributed by atoms with E-state index in [9.17, 15) is 0 Å². The summed E-state index contributed by atoms with van der Waals surface area (Å²) in [4.78, 5) is 2.11. The van der Waals surface area contributed by atoms with Crippen LogP contribution in [-0.2, 0) is 6.54 Å². The molecule has 2 aromatic carbocycles. The number of rotatable bonds is 5. The summed E-state index contributed by atoms with van der Waals surface area (Å²) < 4.78 is 12.2. The average molecular weight is 336 g/mol. The third-order valence-electron chi connectivity index (χ3n) is 2.80. The van der Waals surface area contributed by atoms with Crippen molar-refractivity contribution in [3.05, 3.63) is 52.5 Å². The average Bonchev–Trinajstić information content (AvgIpc) is 2.42. The second-order valence-electron chi connectivity index (χ2n) is 4.77. The second kappa shape index (κ2) is 6.77. The molecule has 106 valence electrons. The molecule has 0 aliphatic carbocycles. The molecule has 0 aromatic heterocycles. The lowest BCUT2D eigenvalue weighted by molar-refractivity contribution is 0.388. The van der Waals surface area contributed by atoms with Crippen molar-refractivity contribution < 1.29 is 9.47 Å². The highest BCUT2D eigenvalue weighted by Gasteiger charge is 2.07. The van der Waals surface area contributed by atoms with E-state index in [1.54, 1.807) is 7.11 Å². The summed E-state index contributed by atoms with van der Waals surface area (Å²) in [6.45, 7) is 0.824. The maximum atomic E-state index is 5.96. The van der Waals surface area contributed by atoms with Crippen LogP contribution in [0.2, 0.25) is 0 Å². The van der Waals surface area contributed by atoms with Gasteiger partial charge in [-0.1, -0.05) is 15.9 Å². The fourth-order valence-electron chi connectivity index (χ4n) is 1.88. The Morgan fingerprint density at radius 1 is 1.00 bits per heavy atom. The van der Waals surface area contributed by atoms with Crippen molar-refractivity contribution in [2.24, 2.45) is 0 Å². The van der Waals surface area contributed by atoms with Gasteiger partial charge in [-0.25, -0.2) is 0 Å². The maximum Gasteiger partial charge on any atom is 0.132 e. The quantitative estimate of drug-likeness (QED) is 0.812. The third kappa shape index (κ3) is 3.99. The summed E-state index contributed by atoms with van der Waals surface area (Å²) in [5, 5.41) is 0. The predicted molar refractivity (Wildman–Crippen MR) is 84.6 cm³/mol. The standard InChI is InChI=1S/C16H18BrNO2/c1-18(2)11-12-10-13(17)4-9-16(12)20-15-7-5-14(19-3)6-8-15/h4-10H,11H2,1-3H3. The van der Waals surface area contributed by atoms with E-state index in [2.05, 4.69) is 26.9 Å². The van der Waals surface area contributed by atoms with E-state index in [1.165, 1.54) is 0 Å². The third-order valence-corrected chi connectivity index (χ3v) is 3.29. The highest BCUT2D eigenvalue weighted by Crippen LogP contribution is 2.29. The molecule has 0 aliphatic rings. The molecule has 0 unspecified atom stereocenters. The van der Waals surface area contributed by atoms with E-state index in [4.69, 9.17) is 9.47 Å². The zero-order valence-corrected chi connectivity index (χ0v) is 13.5. The molecule has 0 atom stereocenters. The molecule has 0 N–H and O–H groups in total. The first kappa shape index (κ1) is 14.9. The smallest absolute Gasteiger partial charge is 0.132 e. The Kier molecular flexibility index (Phi) is 5.04. The Labute approximate surface area is 128 Å². The minimum atomic E-state index is 0.799. The van der Waals surface area contributed by atoms with Crippen LogP contribution in [0, 0.1) is 0 Å². The van der Waals surface area contributed by atoms with E-state index >= 15 is 0 Å². The monoisotopic (exact) mass is 335 g/mol. The van der Waals surface area contributed by atoms with Crippen LogP contribution in [0.3, 0.4) is 0 Å². The van der Waals surface area contributed by atoms with Crippen LogP contribution in [0.4, 0.5) is 0 Å². The lowest BCUT2D eigenvalue weighted by Crippen LogP contribution is -2.11. The molecule has 0 radical (unpaired) electrons. The van der Waals surface area contributed by atoms with Crippen LogP contribution in [0.5, 0.6) is 17.2 Å². The largest absolute Gasteiger partial charge is 0.497 e. The molecule has 0 heterocycles. The molecule has 2 rings (SSSR count). The number of hydrogen-bond acceptors (Lipinski definition) is 3. The molecule has 0 saturated carbocycles.